The van der Waals surface area contributed by atoms with E-state index in [2.05, 4.69) is 20.4 Å². The molecule has 0 aromatic carbocycles. The molecule has 4 rings (SSSR count). The van der Waals surface area contributed by atoms with E-state index in [1.165, 1.54) is 49.9 Å². The summed E-state index contributed by atoms with van der Waals surface area (Å²) >= 11 is 1.32. The number of carbonyl (C=O) groups is 2. The lowest BCUT2D eigenvalue weighted by atomic mass is 9.90. The number of amides is 2. The van der Waals surface area contributed by atoms with E-state index in [1.807, 2.05) is 0 Å². The van der Waals surface area contributed by atoms with Gasteiger partial charge in [0.15, 0.2) is 0 Å². The average molecular weight is 408 g/mol. The average Bonchev–Trinajstić information content (AvgIpc) is 3.08. The van der Waals surface area contributed by atoms with E-state index in [-0.39, 0.29) is 29.2 Å². The molecular weight excluding hydrogens is 378 g/mol. The van der Waals surface area contributed by atoms with Crippen LogP contribution in [-0.4, -0.2) is 51.3 Å². The monoisotopic (exact) mass is 407 g/mol. The van der Waals surface area contributed by atoms with Gasteiger partial charge in [-0.05, 0) is 42.9 Å². The fourth-order valence-electron chi connectivity index (χ4n) is 5.13. The molecule has 2 heterocycles. The van der Waals surface area contributed by atoms with E-state index in [9.17, 15) is 9.59 Å². The molecule has 2 aliphatic carbocycles. The van der Waals surface area contributed by atoms with Gasteiger partial charge in [-0.25, -0.2) is 5.48 Å². The molecule has 3 fully saturated rings. The van der Waals surface area contributed by atoms with E-state index >= 15 is 0 Å². The molecule has 154 valence electrons. The van der Waals surface area contributed by atoms with Gasteiger partial charge in [0.2, 0.25) is 16.9 Å². The highest BCUT2D eigenvalue weighted by Gasteiger charge is 2.54. The summed E-state index contributed by atoms with van der Waals surface area (Å²) in [6.45, 7) is 1.64. The number of hydrogen-bond acceptors (Lipinski definition) is 7. The Kier molecular flexibility index (Phi) is 5.93. The SMILES string of the molecule is O=C(CC(CC1CCCC1)CN1CC2(CC2)C[C@H]1C(=O)Nc1nncs1)NO. The first-order chi connectivity index (χ1) is 13.6. The summed E-state index contributed by atoms with van der Waals surface area (Å²) in [6, 6.07) is -0.185. The third-order valence-electron chi connectivity index (χ3n) is 6.69. The van der Waals surface area contributed by atoms with Crippen molar-refractivity contribution < 1.29 is 14.8 Å². The van der Waals surface area contributed by atoms with Crippen molar-refractivity contribution in [2.45, 2.75) is 63.8 Å². The van der Waals surface area contributed by atoms with Crippen LogP contribution in [0.3, 0.4) is 0 Å². The van der Waals surface area contributed by atoms with Crippen molar-refractivity contribution in [1.82, 2.24) is 20.6 Å². The fraction of sp³-hybridized carbons (Fsp3) is 0.789. The molecule has 3 N–H and O–H groups in total. The van der Waals surface area contributed by atoms with E-state index < -0.39 is 0 Å². The van der Waals surface area contributed by atoms with Gasteiger partial charge in [-0.1, -0.05) is 37.0 Å². The number of hydrogen-bond donors (Lipinski definition) is 3. The van der Waals surface area contributed by atoms with Crippen LogP contribution in [-0.2, 0) is 9.59 Å². The van der Waals surface area contributed by atoms with Crippen molar-refractivity contribution in [3.8, 4) is 0 Å². The second-order valence-electron chi connectivity index (χ2n) is 8.87. The Hall–Kier alpha value is -1.58. The zero-order valence-electron chi connectivity index (χ0n) is 16.1. The predicted octanol–water partition coefficient (Wildman–Crippen LogP) is 2.42. The van der Waals surface area contributed by atoms with Crippen LogP contribution in [0.2, 0.25) is 0 Å². The summed E-state index contributed by atoms with van der Waals surface area (Å²) in [4.78, 5) is 27.0. The van der Waals surface area contributed by atoms with Crippen molar-refractivity contribution in [3.05, 3.63) is 5.51 Å². The molecule has 0 radical (unpaired) electrons. The molecule has 2 saturated carbocycles. The van der Waals surface area contributed by atoms with Crippen LogP contribution in [0, 0.1) is 17.3 Å². The van der Waals surface area contributed by atoms with Crippen LogP contribution >= 0.6 is 11.3 Å². The molecule has 3 aliphatic rings. The predicted molar refractivity (Wildman–Crippen MR) is 105 cm³/mol. The molecule has 1 aliphatic heterocycles. The smallest absolute Gasteiger partial charge is 0.243 e. The van der Waals surface area contributed by atoms with Crippen LogP contribution < -0.4 is 10.8 Å². The maximum atomic E-state index is 12.9. The Bertz CT molecular complexity index is 688. The van der Waals surface area contributed by atoms with Gasteiger partial charge < -0.3 is 0 Å². The molecule has 2 amide bonds. The van der Waals surface area contributed by atoms with E-state index in [0.29, 0.717) is 17.5 Å². The third kappa shape index (κ3) is 4.69. The molecule has 8 nitrogen and oxygen atoms in total. The summed E-state index contributed by atoms with van der Waals surface area (Å²) in [5, 5.41) is 20.1. The lowest BCUT2D eigenvalue weighted by Crippen LogP contribution is -2.43. The molecule has 1 aromatic heterocycles. The summed E-state index contributed by atoms with van der Waals surface area (Å²) in [5.41, 5.74) is 3.67. The second-order valence-corrected chi connectivity index (χ2v) is 9.71. The van der Waals surface area contributed by atoms with Crippen molar-refractivity contribution in [3.63, 3.8) is 0 Å². The highest BCUT2D eigenvalue weighted by molar-refractivity contribution is 7.13. The Balaban J connectivity index is 1.43. The molecule has 1 spiro atoms. The summed E-state index contributed by atoms with van der Waals surface area (Å²) in [6.07, 6.45) is 9.51. The van der Waals surface area contributed by atoms with E-state index in [1.54, 1.807) is 11.0 Å². The molecular formula is C19H29N5O3S. The number of likely N-dealkylation sites (tertiary alicyclic amines) is 1. The zero-order valence-corrected chi connectivity index (χ0v) is 16.9. The van der Waals surface area contributed by atoms with Gasteiger partial charge in [0.1, 0.15) is 5.51 Å². The minimum Gasteiger partial charge on any atom is -0.299 e. The summed E-state index contributed by atoms with van der Waals surface area (Å²) in [5.74, 6) is 0.452. The number of hydroxylamine groups is 1. The lowest BCUT2D eigenvalue weighted by Gasteiger charge is -2.29. The number of rotatable bonds is 8. The van der Waals surface area contributed by atoms with E-state index in [4.69, 9.17) is 5.21 Å². The van der Waals surface area contributed by atoms with Gasteiger partial charge in [-0.15, -0.1) is 10.2 Å². The Labute approximate surface area is 169 Å². The second kappa shape index (κ2) is 8.42. The van der Waals surface area contributed by atoms with Crippen LogP contribution in [0.25, 0.3) is 0 Å². The Morgan fingerprint density at radius 2 is 2.14 bits per heavy atom. The lowest BCUT2D eigenvalue weighted by molar-refractivity contribution is -0.130. The standard InChI is InChI=1S/C19H29N5O3S/c25-16(23-27)8-14(7-13-3-1-2-4-13)10-24-11-19(5-6-19)9-15(24)17(26)21-18-22-20-12-28-18/h12-15,27H,1-11H2,(H,23,25)(H,21,22,26)/t14?,15-/m0/s1. The number of anilines is 1. The highest BCUT2D eigenvalue weighted by Crippen LogP contribution is 2.55. The zero-order chi connectivity index (χ0) is 19.6. The molecule has 1 saturated heterocycles. The van der Waals surface area contributed by atoms with Gasteiger partial charge in [0, 0.05) is 19.5 Å². The third-order valence-corrected chi connectivity index (χ3v) is 7.30. The maximum Gasteiger partial charge on any atom is 0.243 e. The normalized spacial score (nSPS) is 25.1. The number of nitrogens with zero attached hydrogens (tertiary/aromatic N) is 3. The molecule has 9 heteroatoms. The summed E-state index contributed by atoms with van der Waals surface area (Å²) < 4.78 is 0. The number of aromatic nitrogens is 2. The Morgan fingerprint density at radius 1 is 1.36 bits per heavy atom. The van der Waals surface area contributed by atoms with Crippen LogP contribution in [0.4, 0.5) is 5.13 Å². The first kappa shape index (κ1) is 19.7. The summed E-state index contributed by atoms with van der Waals surface area (Å²) in [7, 11) is 0. The molecule has 28 heavy (non-hydrogen) atoms. The van der Waals surface area contributed by atoms with Gasteiger partial charge in [-0.3, -0.25) is 25.0 Å². The van der Waals surface area contributed by atoms with Gasteiger partial charge in [0.05, 0.1) is 6.04 Å². The van der Waals surface area contributed by atoms with Crippen molar-refractivity contribution in [2.75, 3.05) is 18.4 Å². The molecule has 1 aromatic rings. The Morgan fingerprint density at radius 3 is 2.79 bits per heavy atom. The van der Waals surface area contributed by atoms with Crippen LogP contribution in [0.15, 0.2) is 5.51 Å². The first-order valence-corrected chi connectivity index (χ1v) is 11.2. The first-order valence-electron chi connectivity index (χ1n) is 10.3. The highest BCUT2D eigenvalue weighted by atomic mass is 32.1. The quantitative estimate of drug-likeness (QED) is 0.451. The van der Waals surface area contributed by atoms with Crippen molar-refractivity contribution in [1.29, 1.82) is 0 Å². The molecule has 0 bridgehead atoms. The van der Waals surface area contributed by atoms with Crippen molar-refractivity contribution in [2.24, 2.45) is 17.3 Å². The van der Waals surface area contributed by atoms with Gasteiger partial charge in [-0.2, -0.15) is 0 Å². The molecule has 2 atom stereocenters. The minimum atomic E-state index is -0.335. The van der Waals surface area contributed by atoms with Crippen molar-refractivity contribution >= 4 is 28.3 Å². The molecule has 1 unspecified atom stereocenters. The minimum absolute atomic E-state index is 0.0215. The number of carbonyl (C=O) groups excluding carboxylic acids is 2. The van der Waals surface area contributed by atoms with Crippen LogP contribution in [0.1, 0.15) is 57.8 Å². The van der Waals surface area contributed by atoms with Gasteiger partial charge >= 0.3 is 0 Å². The fourth-order valence-corrected chi connectivity index (χ4v) is 5.58. The number of nitrogens with one attached hydrogen (secondary N) is 2. The van der Waals surface area contributed by atoms with Gasteiger partial charge in [0.25, 0.3) is 0 Å². The maximum absolute atomic E-state index is 12.9. The van der Waals surface area contributed by atoms with E-state index in [0.717, 1.165) is 25.9 Å². The largest absolute Gasteiger partial charge is 0.299 e. The topological polar surface area (TPSA) is 107 Å². The van der Waals surface area contributed by atoms with Crippen LogP contribution in [0.5, 0.6) is 0 Å².